The fourth-order valence-electron chi connectivity index (χ4n) is 2.85. The highest BCUT2D eigenvalue weighted by atomic mass is 16.2. The number of hydrogen-bond acceptors (Lipinski definition) is 2. The molecule has 0 aliphatic heterocycles. The first-order chi connectivity index (χ1) is 12.2. The van der Waals surface area contributed by atoms with Crippen LogP contribution in [0.3, 0.4) is 0 Å². The summed E-state index contributed by atoms with van der Waals surface area (Å²) in [6.07, 6.45) is 1.32. The molecule has 3 aromatic rings. The Labute approximate surface area is 148 Å². The van der Waals surface area contributed by atoms with Crippen molar-refractivity contribution in [2.24, 2.45) is 5.10 Å². The van der Waals surface area contributed by atoms with Gasteiger partial charge in [0.2, 0.25) is 5.91 Å². The van der Waals surface area contributed by atoms with E-state index in [0.717, 1.165) is 34.0 Å². The molecule has 0 radical (unpaired) electrons. The molecule has 0 heterocycles. The number of amides is 1. The van der Waals surface area contributed by atoms with Gasteiger partial charge in [-0.05, 0) is 40.8 Å². The fourth-order valence-corrected chi connectivity index (χ4v) is 2.85. The summed E-state index contributed by atoms with van der Waals surface area (Å²) in [6.45, 7) is 4.03. The smallest absolute Gasteiger partial charge is 0.244 e. The van der Waals surface area contributed by atoms with Crippen molar-refractivity contribution in [3.05, 3.63) is 83.4 Å². The average Bonchev–Trinajstić information content (AvgIpc) is 2.66. The molecule has 0 atom stereocenters. The molecular weight excluding hydrogens is 308 g/mol. The van der Waals surface area contributed by atoms with Crippen molar-refractivity contribution in [1.29, 1.82) is 0 Å². The van der Waals surface area contributed by atoms with Crippen LogP contribution in [0.4, 0.5) is 0 Å². The van der Waals surface area contributed by atoms with Gasteiger partial charge in [-0.3, -0.25) is 4.79 Å². The zero-order valence-electron chi connectivity index (χ0n) is 14.6. The standard InChI is InChI=1S/C22H22N2O/c1-3-17-11-13-18(14-12-17)16(2)23-24-22(25)15-20-9-6-8-19-7-4-5-10-21(19)20/h4-14H,3,15H2,1-2H3,(H,24,25)/b23-16-. The Balaban J connectivity index is 1.69. The molecular formula is C22H22N2O. The number of nitrogens with one attached hydrogen (secondary N) is 1. The van der Waals surface area contributed by atoms with Crippen LogP contribution in [0, 0.1) is 0 Å². The minimum absolute atomic E-state index is 0.110. The number of aryl methyl sites for hydroxylation is 1. The van der Waals surface area contributed by atoms with Crippen molar-refractivity contribution in [2.75, 3.05) is 0 Å². The highest BCUT2D eigenvalue weighted by molar-refractivity contribution is 5.99. The van der Waals surface area contributed by atoms with E-state index in [1.807, 2.05) is 49.4 Å². The minimum Gasteiger partial charge on any atom is -0.273 e. The van der Waals surface area contributed by atoms with Gasteiger partial charge in [0, 0.05) is 0 Å². The molecule has 3 nitrogen and oxygen atoms in total. The molecule has 0 bridgehead atoms. The van der Waals surface area contributed by atoms with Crippen LogP contribution >= 0.6 is 0 Å². The topological polar surface area (TPSA) is 41.5 Å². The number of rotatable bonds is 5. The SMILES string of the molecule is CCc1ccc(/C(C)=N\NC(=O)Cc2cccc3ccccc23)cc1. The van der Waals surface area contributed by atoms with E-state index in [0.29, 0.717) is 6.42 Å². The third-order valence-corrected chi connectivity index (χ3v) is 4.36. The predicted octanol–water partition coefficient (Wildman–Crippen LogP) is 4.49. The third kappa shape index (κ3) is 4.13. The summed E-state index contributed by atoms with van der Waals surface area (Å²) in [5.74, 6) is -0.110. The van der Waals surface area contributed by atoms with Gasteiger partial charge in [0.15, 0.2) is 0 Å². The molecule has 3 heteroatoms. The number of carbonyl (C=O) groups is 1. The van der Waals surface area contributed by atoms with Gasteiger partial charge in [-0.25, -0.2) is 5.43 Å². The van der Waals surface area contributed by atoms with Crippen LogP contribution in [0.15, 0.2) is 71.8 Å². The second-order valence-electron chi connectivity index (χ2n) is 6.10. The molecule has 3 rings (SSSR count). The summed E-state index contributed by atoms with van der Waals surface area (Å²) in [5.41, 5.74) is 6.79. The van der Waals surface area contributed by atoms with Crippen LogP contribution in [0.5, 0.6) is 0 Å². The van der Waals surface area contributed by atoms with E-state index in [-0.39, 0.29) is 5.91 Å². The third-order valence-electron chi connectivity index (χ3n) is 4.36. The maximum atomic E-state index is 12.3. The highest BCUT2D eigenvalue weighted by Gasteiger charge is 2.06. The van der Waals surface area contributed by atoms with Gasteiger partial charge in [0.1, 0.15) is 0 Å². The molecule has 0 unspecified atom stereocenters. The van der Waals surface area contributed by atoms with Gasteiger partial charge < -0.3 is 0 Å². The van der Waals surface area contributed by atoms with Gasteiger partial charge in [-0.2, -0.15) is 5.10 Å². The summed E-state index contributed by atoms with van der Waals surface area (Å²) >= 11 is 0. The van der Waals surface area contributed by atoms with Gasteiger partial charge in [-0.15, -0.1) is 0 Å². The lowest BCUT2D eigenvalue weighted by Gasteiger charge is -2.07. The number of benzene rings is 3. The van der Waals surface area contributed by atoms with E-state index < -0.39 is 0 Å². The molecule has 0 saturated carbocycles. The first-order valence-corrected chi connectivity index (χ1v) is 8.56. The van der Waals surface area contributed by atoms with E-state index in [4.69, 9.17) is 0 Å². The monoisotopic (exact) mass is 330 g/mol. The van der Waals surface area contributed by atoms with Crippen LogP contribution in [-0.2, 0) is 17.6 Å². The Morgan fingerprint density at radius 2 is 1.68 bits per heavy atom. The highest BCUT2D eigenvalue weighted by Crippen LogP contribution is 2.18. The van der Waals surface area contributed by atoms with Crippen LogP contribution < -0.4 is 5.43 Å². The molecule has 25 heavy (non-hydrogen) atoms. The zero-order valence-corrected chi connectivity index (χ0v) is 14.6. The summed E-state index contributed by atoms with van der Waals surface area (Å²) in [4.78, 5) is 12.3. The molecule has 0 aliphatic rings. The van der Waals surface area contributed by atoms with Crippen molar-refractivity contribution in [3.63, 3.8) is 0 Å². The Morgan fingerprint density at radius 3 is 2.44 bits per heavy atom. The Hall–Kier alpha value is -2.94. The van der Waals surface area contributed by atoms with Gasteiger partial charge in [-0.1, -0.05) is 73.7 Å². The molecule has 3 aromatic carbocycles. The lowest BCUT2D eigenvalue weighted by molar-refractivity contribution is -0.120. The molecule has 1 amide bonds. The molecule has 0 spiro atoms. The molecule has 1 N–H and O–H groups in total. The Kier molecular flexibility index (Phi) is 5.24. The first-order valence-electron chi connectivity index (χ1n) is 8.56. The molecule has 0 saturated heterocycles. The molecule has 0 aliphatic carbocycles. The van der Waals surface area contributed by atoms with Crippen LogP contribution in [0.1, 0.15) is 30.5 Å². The quantitative estimate of drug-likeness (QED) is 0.544. The van der Waals surface area contributed by atoms with E-state index in [9.17, 15) is 4.79 Å². The second-order valence-corrected chi connectivity index (χ2v) is 6.10. The van der Waals surface area contributed by atoms with Gasteiger partial charge in [0.05, 0.1) is 12.1 Å². The van der Waals surface area contributed by atoms with E-state index in [2.05, 4.69) is 41.7 Å². The van der Waals surface area contributed by atoms with Gasteiger partial charge in [0.25, 0.3) is 0 Å². The van der Waals surface area contributed by atoms with Crippen molar-refractivity contribution < 1.29 is 4.79 Å². The molecule has 0 fully saturated rings. The van der Waals surface area contributed by atoms with Crippen LogP contribution in [-0.4, -0.2) is 11.6 Å². The van der Waals surface area contributed by atoms with Crippen LogP contribution in [0.25, 0.3) is 10.8 Å². The fraction of sp³-hybridized carbons (Fsp3) is 0.182. The Bertz CT molecular complexity index is 905. The lowest BCUT2D eigenvalue weighted by Crippen LogP contribution is -2.21. The first kappa shape index (κ1) is 16.9. The zero-order chi connectivity index (χ0) is 17.6. The number of fused-ring (bicyclic) bond motifs is 1. The minimum atomic E-state index is -0.110. The van der Waals surface area contributed by atoms with Crippen molar-refractivity contribution in [3.8, 4) is 0 Å². The van der Waals surface area contributed by atoms with Crippen molar-refractivity contribution >= 4 is 22.4 Å². The summed E-state index contributed by atoms with van der Waals surface area (Å²) in [6, 6.07) is 22.4. The summed E-state index contributed by atoms with van der Waals surface area (Å²) in [7, 11) is 0. The largest absolute Gasteiger partial charge is 0.273 e. The van der Waals surface area contributed by atoms with Crippen molar-refractivity contribution in [2.45, 2.75) is 26.7 Å². The maximum absolute atomic E-state index is 12.3. The number of hydrogen-bond donors (Lipinski definition) is 1. The maximum Gasteiger partial charge on any atom is 0.244 e. The Morgan fingerprint density at radius 1 is 0.960 bits per heavy atom. The van der Waals surface area contributed by atoms with Crippen LogP contribution in [0.2, 0.25) is 0 Å². The summed E-state index contributed by atoms with van der Waals surface area (Å²) in [5, 5.41) is 6.49. The predicted molar refractivity (Wildman–Crippen MR) is 104 cm³/mol. The average molecular weight is 330 g/mol. The van der Waals surface area contributed by atoms with E-state index in [1.54, 1.807) is 0 Å². The van der Waals surface area contributed by atoms with E-state index >= 15 is 0 Å². The number of carbonyl (C=O) groups excluding carboxylic acids is 1. The molecule has 126 valence electrons. The van der Waals surface area contributed by atoms with Gasteiger partial charge >= 0.3 is 0 Å². The normalized spacial score (nSPS) is 11.5. The lowest BCUT2D eigenvalue weighted by atomic mass is 10.0. The molecule has 0 aromatic heterocycles. The summed E-state index contributed by atoms with van der Waals surface area (Å²) < 4.78 is 0. The number of hydrazone groups is 1. The van der Waals surface area contributed by atoms with Crippen molar-refractivity contribution in [1.82, 2.24) is 5.43 Å². The van der Waals surface area contributed by atoms with E-state index in [1.165, 1.54) is 5.56 Å². The second kappa shape index (κ2) is 7.75. The number of nitrogens with zero attached hydrogens (tertiary/aromatic N) is 1.